The van der Waals surface area contributed by atoms with Gasteiger partial charge in [-0.2, -0.15) is 0 Å². The summed E-state index contributed by atoms with van der Waals surface area (Å²) in [5, 5.41) is 0.907. The molecule has 1 aliphatic rings. The number of methoxy groups -OCH3 is 1. The van der Waals surface area contributed by atoms with Crippen LogP contribution >= 0.6 is 24.6 Å². The maximum atomic E-state index is 12.4. The Bertz CT molecular complexity index is 1170. The van der Waals surface area contributed by atoms with Crippen molar-refractivity contribution in [2.75, 3.05) is 20.2 Å². The Hall–Kier alpha value is -2.48. The number of ether oxygens (including phenoxy) is 1. The summed E-state index contributed by atoms with van der Waals surface area (Å²) in [5.74, 6) is 1.57. The molecular weight excluding hydrogens is 474 g/mol. The Morgan fingerprint density at radius 3 is 2.83 bits per heavy atom. The number of thiol groups is 1. The van der Waals surface area contributed by atoms with Gasteiger partial charge in [0.05, 0.1) is 12.6 Å². The first-order valence-corrected chi connectivity index (χ1v) is 13.2. The van der Waals surface area contributed by atoms with Crippen molar-refractivity contribution in [1.29, 1.82) is 0 Å². The van der Waals surface area contributed by atoms with Crippen LogP contribution in [0.15, 0.2) is 72.3 Å². The summed E-state index contributed by atoms with van der Waals surface area (Å²) in [7, 11) is 1.67. The summed E-state index contributed by atoms with van der Waals surface area (Å²) in [4.78, 5) is 20.0. The lowest BCUT2D eigenvalue weighted by molar-refractivity contribution is 0.129. The zero-order valence-electron chi connectivity index (χ0n) is 20.3. The van der Waals surface area contributed by atoms with Crippen LogP contribution in [0.5, 0.6) is 5.75 Å². The molecule has 1 saturated heterocycles. The number of carbonyl (C=O) groups is 1. The molecule has 1 aromatic heterocycles. The second-order valence-electron chi connectivity index (χ2n) is 9.13. The molecule has 5 nitrogen and oxygen atoms in total. The number of aromatic nitrogens is 1. The number of hydrogen-bond acceptors (Lipinski definition) is 5. The molecule has 3 atom stereocenters. The first-order valence-electron chi connectivity index (χ1n) is 12.0. The Labute approximate surface area is 217 Å². The van der Waals surface area contributed by atoms with Crippen LogP contribution in [0.25, 0.3) is 10.9 Å². The fourth-order valence-electron chi connectivity index (χ4n) is 4.93. The molecule has 0 aliphatic carbocycles. The predicted molar refractivity (Wildman–Crippen MR) is 148 cm³/mol. The van der Waals surface area contributed by atoms with Crippen molar-refractivity contribution in [3.05, 3.63) is 78.5 Å². The maximum Gasteiger partial charge on any atom is 0.278 e. The maximum absolute atomic E-state index is 12.4. The number of pyridine rings is 1. The number of carbonyl (C=O) groups excluding carboxylic acids is 1. The van der Waals surface area contributed by atoms with E-state index in [4.69, 9.17) is 4.74 Å². The smallest absolute Gasteiger partial charge is 0.278 e. The third-order valence-electron chi connectivity index (χ3n) is 6.93. The SMILES string of the molecule is C=CC(CNSc1ccc(C)cc1)C1CCN(C(=O)S)C(Cc2ccnc3ccc(OC)cc23)C1. The lowest BCUT2D eigenvalue weighted by Crippen LogP contribution is -2.47. The molecule has 2 aromatic carbocycles. The highest BCUT2D eigenvalue weighted by molar-refractivity contribution is 7.97. The molecule has 0 radical (unpaired) electrons. The quantitative estimate of drug-likeness (QED) is 0.202. The molecule has 7 heteroatoms. The molecular formula is C28H33N3O2S2. The number of likely N-dealkylation sites (tertiary alicyclic amines) is 1. The highest BCUT2D eigenvalue weighted by atomic mass is 32.2. The van der Waals surface area contributed by atoms with Crippen molar-refractivity contribution in [3.8, 4) is 5.75 Å². The van der Waals surface area contributed by atoms with Crippen molar-refractivity contribution < 1.29 is 9.53 Å². The van der Waals surface area contributed by atoms with Crippen LogP contribution < -0.4 is 9.46 Å². The van der Waals surface area contributed by atoms with Gasteiger partial charge in [0.25, 0.3) is 5.24 Å². The molecule has 3 aromatic rings. The molecule has 0 saturated carbocycles. The van der Waals surface area contributed by atoms with Crippen LogP contribution in [0.3, 0.4) is 0 Å². The van der Waals surface area contributed by atoms with E-state index in [0.29, 0.717) is 18.4 Å². The molecule has 1 amide bonds. The second-order valence-corrected chi connectivity index (χ2v) is 10.5. The van der Waals surface area contributed by atoms with Gasteiger partial charge in [0.15, 0.2) is 0 Å². The van der Waals surface area contributed by atoms with Gasteiger partial charge < -0.3 is 9.64 Å². The van der Waals surface area contributed by atoms with Crippen molar-refractivity contribution in [3.63, 3.8) is 0 Å². The van der Waals surface area contributed by atoms with E-state index in [1.165, 1.54) is 16.0 Å². The van der Waals surface area contributed by atoms with Crippen LogP contribution in [0.1, 0.15) is 24.0 Å². The molecule has 1 N–H and O–H groups in total. The minimum Gasteiger partial charge on any atom is -0.497 e. The highest BCUT2D eigenvalue weighted by Gasteiger charge is 2.33. The lowest BCUT2D eigenvalue weighted by atomic mass is 9.79. The van der Waals surface area contributed by atoms with E-state index >= 15 is 0 Å². The largest absolute Gasteiger partial charge is 0.497 e. The van der Waals surface area contributed by atoms with Crippen molar-refractivity contribution >= 4 is 40.7 Å². The monoisotopic (exact) mass is 507 g/mol. The number of nitrogens with zero attached hydrogens (tertiary/aromatic N) is 2. The molecule has 35 heavy (non-hydrogen) atoms. The summed E-state index contributed by atoms with van der Waals surface area (Å²) in [6.07, 6.45) is 6.52. The third kappa shape index (κ3) is 6.40. The van der Waals surface area contributed by atoms with Crippen LogP contribution in [-0.2, 0) is 6.42 Å². The highest BCUT2D eigenvalue weighted by Crippen LogP contribution is 2.34. The first kappa shape index (κ1) is 25.6. The van der Waals surface area contributed by atoms with Crippen LogP contribution in [0.2, 0.25) is 0 Å². The molecule has 1 aliphatic heterocycles. The Kier molecular flexibility index (Phi) is 8.76. The average Bonchev–Trinajstić information content (AvgIpc) is 2.87. The van der Waals surface area contributed by atoms with Gasteiger partial charge in [-0.15, -0.1) is 6.58 Å². The van der Waals surface area contributed by atoms with Crippen LogP contribution in [0, 0.1) is 18.8 Å². The van der Waals surface area contributed by atoms with Gasteiger partial charge in [-0.1, -0.05) is 36.4 Å². The number of hydrogen-bond donors (Lipinski definition) is 2. The summed E-state index contributed by atoms with van der Waals surface area (Å²) < 4.78 is 8.97. The number of rotatable bonds is 9. The number of fused-ring (bicyclic) bond motifs is 1. The number of nitrogens with one attached hydrogen (secondary N) is 1. The van der Waals surface area contributed by atoms with Gasteiger partial charge >= 0.3 is 0 Å². The van der Waals surface area contributed by atoms with E-state index in [-0.39, 0.29) is 11.3 Å². The number of aryl methyl sites for hydroxylation is 1. The average molecular weight is 508 g/mol. The van der Waals surface area contributed by atoms with E-state index in [0.717, 1.165) is 42.5 Å². The normalized spacial score (nSPS) is 18.9. The van der Waals surface area contributed by atoms with Crippen molar-refractivity contribution in [2.24, 2.45) is 11.8 Å². The van der Waals surface area contributed by atoms with Crippen LogP contribution in [0.4, 0.5) is 4.79 Å². The minimum atomic E-state index is -0.160. The molecule has 2 heterocycles. The van der Waals surface area contributed by atoms with Gasteiger partial charge in [-0.3, -0.25) is 14.5 Å². The zero-order valence-corrected chi connectivity index (χ0v) is 22.0. The molecule has 0 bridgehead atoms. The third-order valence-corrected chi connectivity index (χ3v) is 8.01. The topological polar surface area (TPSA) is 54.5 Å². The summed E-state index contributed by atoms with van der Waals surface area (Å²) in [5.41, 5.74) is 3.36. The Morgan fingerprint density at radius 2 is 2.11 bits per heavy atom. The molecule has 3 unspecified atom stereocenters. The summed E-state index contributed by atoms with van der Waals surface area (Å²) in [6, 6.07) is 16.6. The lowest BCUT2D eigenvalue weighted by Gasteiger charge is -2.41. The Balaban J connectivity index is 1.47. The fourth-order valence-corrected chi connectivity index (χ4v) is 5.91. The van der Waals surface area contributed by atoms with Gasteiger partial charge in [0, 0.05) is 35.6 Å². The zero-order chi connectivity index (χ0) is 24.8. The van der Waals surface area contributed by atoms with E-state index in [1.807, 2.05) is 29.3 Å². The van der Waals surface area contributed by atoms with Gasteiger partial charge in [0.1, 0.15) is 5.75 Å². The molecule has 1 fully saturated rings. The van der Waals surface area contributed by atoms with Crippen LogP contribution in [-0.4, -0.2) is 41.4 Å². The molecule has 4 rings (SSSR count). The van der Waals surface area contributed by atoms with Gasteiger partial charge in [-0.25, -0.2) is 0 Å². The summed E-state index contributed by atoms with van der Waals surface area (Å²) in [6.45, 7) is 7.77. The van der Waals surface area contributed by atoms with Gasteiger partial charge in [0.2, 0.25) is 0 Å². The fraction of sp³-hybridized carbons (Fsp3) is 0.357. The van der Waals surface area contributed by atoms with E-state index in [2.05, 4.69) is 72.2 Å². The van der Waals surface area contributed by atoms with Gasteiger partial charge in [-0.05, 0) is 91.9 Å². The number of benzene rings is 2. The predicted octanol–water partition coefficient (Wildman–Crippen LogP) is 6.32. The van der Waals surface area contributed by atoms with Crippen molar-refractivity contribution in [1.82, 2.24) is 14.6 Å². The van der Waals surface area contributed by atoms with E-state index < -0.39 is 0 Å². The second kappa shape index (κ2) is 12.0. The van der Waals surface area contributed by atoms with E-state index in [1.54, 1.807) is 19.1 Å². The standard InChI is InChI=1S/C28H33N3O2S2/c1-4-20(18-30-35-25-8-5-19(2)6-9-25)21-12-14-31(28(32)34)23(15-21)16-22-11-13-29-27-10-7-24(33-3)17-26(22)27/h4-11,13,17,20-21,23,30H,1,12,14-16,18H2,2-3H3,(H,32,34). The van der Waals surface area contributed by atoms with Crippen molar-refractivity contribution in [2.45, 2.75) is 37.1 Å². The number of amides is 1. The first-order chi connectivity index (χ1) is 17.0. The van der Waals surface area contributed by atoms with E-state index in [9.17, 15) is 4.79 Å². The molecule has 0 spiro atoms. The number of piperidine rings is 1. The Morgan fingerprint density at radius 1 is 1.31 bits per heavy atom. The minimum absolute atomic E-state index is 0.0720. The molecule has 184 valence electrons. The summed E-state index contributed by atoms with van der Waals surface area (Å²) >= 11 is 5.86.